The lowest BCUT2D eigenvalue weighted by Gasteiger charge is -2.37. The van der Waals surface area contributed by atoms with Gasteiger partial charge < -0.3 is 5.32 Å². The Hall–Kier alpha value is -1.12. The van der Waals surface area contributed by atoms with Gasteiger partial charge in [-0.1, -0.05) is 13.0 Å². The highest BCUT2D eigenvalue weighted by molar-refractivity contribution is 7.89. The Morgan fingerprint density at radius 1 is 1.29 bits per heavy atom. The molecule has 1 aromatic rings. The third-order valence-corrected chi connectivity index (χ3v) is 6.49. The molecule has 1 heterocycles. The summed E-state index contributed by atoms with van der Waals surface area (Å²) in [6.07, 6.45) is -2.66. The molecule has 1 aliphatic heterocycles. The van der Waals surface area contributed by atoms with E-state index in [0.29, 0.717) is 32.4 Å². The Kier molecular flexibility index (Phi) is 5.93. The van der Waals surface area contributed by atoms with Crippen LogP contribution in [0.4, 0.5) is 13.2 Å². The number of nitrogens with zero attached hydrogens (tertiary/aromatic N) is 1. The molecule has 2 rings (SSSR count). The third kappa shape index (κ3) is 4.10. The largest absolute Gasteiger partial charge is 0.416 e. The van der Waals surface area contributed by atoms with Crippen molar-refractivity contribution >= 4 is 10.0 Å². The van der Waals surface area contributed by atoms with Crippen LogP contribution in [0.15, 0.2) is 29.2 Å². The Morgan fingerprint density at radius 2 is 1.92 bits per heavy atom. The van der Waals surface area contributed by atoms with Crippen molar-refractivity contribution in [2.24, 2.45) is 0 Å². The molecule has 1 saturated heterocycles. The minimum Gasteiger partial charge on any atom is -0.317 e. The molecule has 8 heteroatoms. The summed E-state index contributed by atoms with van der Waals surface area (Å²) in [5.41, 5.74) is -0.946. The SMILES string of the molecule is CCC(C)N(C1CCNCC1)S(=O)(=O)c1cccc(C(F)(F)F)c1. The first-order valence-corrected chi connectivity index (χ1v) is 9.53. The van der Waals surface area contributed by atoms with Gasteiger partial charge in [-0.2, -0.15) is 17.5 Å². The van der Waals surface area contributed by atoms with Crippen LogP contribution in [0, 0.1) is 0 Å². The number of benzene rings is 1. The molecule has 0 bridgehead atoms. The maximum absolute atomic E-state index is 13.0. The molecule has 0 saturated carbocycles. The van der Waals surface area contributed by atoms with E-state index in [9.17, 15) is 21.6 Å². The Labute approximate surface area is 141 Å². The van der Waals surface area contributed by atoms with Crippen LogP contribution in [-0.2, 0) is 16.2 Å². The normalized spacial score (nSPS) is 18.8. The Morgan fingerprint density at radius 3 is 2.46 bits per heavy atom. The summed E-state index contributed by atoms with van der Waals surface area (Å²) in [6.45, 7) is 5.08. The van der Waals surface area contributed by atoms with E-state index in [2.05, 4.69) is 5.32 Å². The van der Waals surface area contributed by atoms with E-state index in [1.165, 1.54) is 10.4 Å². The summed E-state index contributed by atoms with van der Waals surface area (Å²) in [4.78, 5) is -0.295. The van der Waals surface area contributed by atoms with Gasteiger partial charge in [0, 0.05) is 12.1 Å². The van der Waals surface area contributed by atoms with Gasteiger partial charge in [0.25, 0.3) is 0 Å². The first-order chi connectivity index (χ1) is 11.2. The molecule has 1 atom stereocenters. The number of nitrogens with one attached hydrogen (secondary N) is 1. The van der Waals surface area contributed by atoms with E-state index in [1.807, 2.05) is 6.92 Å². The quantitative estimate of drug-likeness (QED) is 0.873. The third-order valence-electron chi connectivity index (χ3n) is 4.43. The molecule has 4 nitrogen and oxygen atoms in total. The first-order valence-electron chi connectivity index (χ1n) is 8.09. The predicted octanol–water partition coefficient (Wildman–Crippen LogP) is 3.25. The van der Waals surface area contributed by atoms with E-state index in [0.717, 1.165) is 18.2 Å². The van der Waals surface area contributed by atoms with Gasteiger partial charge in [-0.05, 0) is 57.5 Å². The second-order valence-electron chi connectivity index (χ2n) is 6.10. The fraction of sp³-hybridized carbons (Fsp3) is 0.625. The average Bonchev–Trinajstić information content (AvgIpc) is 2.55. The average molecular weight is 364 g/mol. The lowest BCUT2D eigenvalue weighted by molar-refractivity contribution is -0.137. The highest BCUT2D eigenvalue weighted by Gasteiger charge is 2.37. The zero-order valence-electron chi connectivity index (χ0n) is 13.8. The standard InChI is InChI=1S/C16H23F3N2O2S/c1-3-12(2)21(14-7-9-20-10-8-14)24(22,23)15-6-4-5-13(11-15)16(17,18)19/h4-6,11-12,14,20H,3,7-10H2,1-2H3. The topological polar surface area (TPSA) is 49.4 Å². The van der Waals surface area contributed by atoms with Crippen molar-refractivity contribution < 1.29 is 21.6 Å². The number of hydrogen-bond donors (Lipinski definition) is 1. The molecule has 136 valence electrons. The molecular weight excluding hydrogens is 341 g/mol. The highest BCUT2D eigenvalue weighted by Crippen LogP contribution is 2.32. The van der Waals surface area contributed by atoms with E-state index in [1.54, 1.807) is 6.92 Å². The van der Waals surface area contributed by atoms with Crippen LogP contribution < -0.4 is 5.32 Å². The van der Waals surface area contributed by atoms with Crippen molar-refractivity contribution in [1.29, 1.82) is 0 Å². The van der Waals surface area contributed by atoms with Gasteiger partial charge in [0.15, 0.2) is 0 Å². The number of rotatable bonds is 5. The highest BCUT2D eigenvalue weighted by atomic mass is 32.2. The molecule has 1 aliphatic rings. The van der Waals surface area contributed by atoms with Gasteiger partial charge in [-0.15, -0.1) is 0 Å². The molecule has 1 N–H and O–H groups in total. The fourth-order valence-corrected chi connectivity index (χ4v) is 4.98. The van der Waals surface area contributed by atoms with Crippen molar-refractivity contribution in [3.8, 4) is 0 Å². The molecule has 0 aliphatic carbocycles. The molecule has 24 heavy (non-hydrogen) atoms. The minimum atomic E-state index is -4.57. The molecule has 0 radical (unpaired) electrons. The van der Waals surface area contributed by atoms with E-state index in [-0.39, 0.29) is 17.0 Å². The van der Waals surface area contributed by atoms with Gasteiger partial charge in [0.05, 0.1) is 10.5 Å². The lowest BCUT2D eigenvalue weighted by Crippen LogP contribution is -2.49. The zero-order chi connectivity index (χ0) is 18.0. The van der Waals surface area contributed by atoms with Crippen molar-refractivity contribution in [2.75, 3.05) is 13.1 Å². The molecule has 0 aromatic heterocycles. The first kappa shape index (κ1) is 19.2. The van der Waals surface area contributed by atoms with Crippen LogP contribution in [-0.4, -0.2) is 37.9 Å². The molecule has 1 fully saturated rings. The van der Waals surface area contributed by atoms with Crippen LogP contribution in [0.1, 0.15) is 38.7 Å². The number of sulfonamides is 1. The second-order valence-corrected chi connectivity index (χ2v) is 7.94. The molecular formula is C16H23F3N2O2S. The Bertz CT molecular complexity index is 656. The van der Waals surface area contributed by atoms with Gasteiger partial charge >= 0.3 is 6.18 Å². The maximum Gasteiger partial charge on any atom is 0.416 e. The minimum absolute atomic E-state index is 0.194. The second kappa shape index (κ2) is 7.41. The summed E-state index contributed by atoms with van der Waals surface area (Å²) >= 11 is 0. The van der Waals surface area contributed by atoms with Crippen molar-refractivity contribution in [2.45, 2.75) is 56.3 Å². The van der Waals surface area contributed by atoms with Crippen LogP contribution in [0.2, 0.25) is 0 Å². The van der Waals surface area contributed by atoms with Crippen LogP contribution >= 0.6 is 0 Å². The van der Waals surface area contributed by atoms with Crippen molar-refractivity contribution in [3.05, 3.63) is 29.8 Å². The number of alkyl halides is 3. The van der Waals surface area contributed by atoms with Crippen molar-refractivity contribution in [3.63, 3.8) is 0 Å². The number of hydrogen-bond acceptors (Lipinski definition) is 3. The van der Waals surface area contributed by atoms with Crippen LogP contribution in [0.3, 0.4) is 0 Å². The number of piperidine rings is 1. The van der Waals surface area contributed by atoms with E-state index < -0.39 is 21.8 Å². The number of halogens is 3. The summed E-state index contributed by atoms with van der Waals surface area (Å²) in [6, 6.07) is 3.53. The predicted molar refractivity (Wildman–Crippen MR) is 86.1 cm³/mol. The van der Waals surface area contributed by atoms with Gasteiger partial charge in [0.1, 0.15) is 0 Å². The van der Waals surface area contributed by atoms with Gasteiger partial charge in [-0.3, -0.25) is 0 Å². The summed E-state index contributed by atoms with van der Waals surface area (Å²) in [7, 11) is -3.99. The van der Waals surface area contributed by atoms with Gasteiger partial charge in [-0.25, -0.2) is 8.42 Å². The summed E-state index contributed by atoms with van der Waals surface area (Å²) in [5.74, 6) is 0. The summed E-state index contributed by atoms with van der Waals surface area (Å²) in [5, 5.41) is 3.18. The monoisotopic (exact) mass is 364 g/mol. The van der Waals surface area contributed by atoms with Gasteiger partial charge in [0.2, 0.25) is 10.0 Å². The molecule has 1 unspecified atom stereocenters. The fourth-order valence-electron chi connectivity index (χ4n) is 2.99. The molecule has 0 spiro atoms. The van der Waals surface area contributed by atoms with Crippen LogP contribution in [0.25, 0.3) is 0 Å². The van der Waals surface area contributed by atoms with E-state index >= 15 is 0 Å². The summed E-state index contributed by atoms with van der Waals surface area (Å²) < 4.78 is 66.3. The Balaban J connectivity index is 2.44. The smallest absolute Gasteiger partial charge is 0.317 e. The zero-order valence-corrected chi connectivity index (χ0v) is 14.6. The molecule has 0 amide bonds. The lowest BCUT2D eigenvalue weighted by atomic mass is 10.1. The van der Waals surface area contributed by atoms with Crippen LogP contribution in [0.5, 0.6) is 0 Å². The van der Waals surface area contributed by atoms with Crippen molar-refractivity contribution in [1.82, 2.24) is 9.62 Å². The van der Waals surface area contributed by atoms with E-state index in [4.69, 9.17) is 0 Å². The molecule has 1 aromatic carbocycles. The maximum atomic E-state index is 13.0.